The number of rotatable bonds is 2. The zero-order valence-electron chi connectivity index (χ0n) is 8.88. The monoisotopic (exact) mass is 170 g/mol. The fourth-order valence-corrected chi connectivity index (χ4v) is 2.18. The summed E-state index contributed by atoms with van der Waals surface area (Å²) < 4.78 is 0. The molecule has 1 aliphatic rings. The Kier molecular flexibility index (Phi) is 3.53. The van der Waals surface area contributed by atoms with Crippen LogP contribution in [0.25, 0.3) is 0 Å². The van der Waals surface area contributed by atoms with Crippen molar-refractivity contribution in [1.29, 1.82) is 0 Å². The van der Waals surface area contributed by atoms with E-state index in [2.05, 4.69) is 37.5 Å². The summed E-state index contributed by atoms with van der Waals surface area (Å²) in [4.78, 5) is 5.11. The van der Waals surface area contributed by atoms with E-state index in [1.165, 1.54) is 26.2 Å². The standard InChI is InChI=1S/C10H22N2/c1-5-11-7-9(3)8-12(6-2)10(11)4/h9-10H,5-8H2,1-4H3. The van der Waals surface area contributed by atoms with Crippen LogP contribution in [0.4, 0.5) is 0 Å². The van der Waals surface area contributed by atoms with Gasteiger partial charge in [-0.25, -0.2) is 0 Å². The van der Waals surface area contributed by atoms with Gasteiger partial charge < -0.3 is 0 Å². The predicted octanol–water partition coefficient (Wildman–Crippen LogP) is 1.63. The van der Waals surface area contributed by atoms with E-state index in [9.17, 15) is 0 Å². The lowest BCUT2D eigenvalue weighted by Crippen LogP contribution is -2.54. The van der Waals surface area contributed by atoms with Crippen LogP contribution in [0.1, 0.15) is 27.7 Å². The van der Waals surface area contributed by atoms with Crippen molar-refractivity contribution in [3.8, 4) is 0 Å². The Bertz CT molecular complexity index is 122. The molecular weight excluding hydrogens is 148 g/mol. The second-order valence-corrected chi connectivity index (χ2v) is 3.91. The number of hydrogen-bond donors (Lipinski definition) is 0. The van der Waals surface area contributed by atoms with Gasteiger partial charge in [0.1, 0.15) is 0 Å². The summed E-state index contributed by atoms with van der Waals surface area (Å²) in [6, 6.07) is 0. The molecule has 0 aromatic heterocycles. The van der Waals surface area contributed by atoms with E-state index in [4.69, 9.17) is 0 Å². The molecule has 0 spiro atoms. The van der Waals surface area contributed by atoms with E-state index in [1.54, 1.807) is 0 Å². The van der Waals surface area contributed by atoms with Crippen LogP contribution < -0.4 is 0 Å². The number of nitrogens with zero attached hydrogens (tertiary/aromatic N) is 2. The molecular formula is C10H22N2. The van der Waals surface area contributed by atoms with E-state index >= 15 is 0 Å². The van der Waals surface area contributed by atoms with Crippen LogP contribution in [0.15, 0.2) is 0 Å². The third kappa shape index (κ3) is 1.99. The first-order chi connectivity index (χ1) is 5.69. The molecule has 2 nitrogen and oxygen atoms in total. The molecule has 0 saturated carbocycles. The first-order valence-corrected chi connectivity index (χ1v) is 5.17. The van der Waals surface area contributed by atoms with Gasteiger partial charge in [-0.15, -0.1) is 0 Å². The van der Waals surface area contributed by atoms with Gasteiger partial charge in [-0.1, -0.05) is 20.8 Å². The molecule has 0 N–H and O–H groups in total. The minimum Gasteiger partial charge on any atom is -0.288 e. The molecule has 12 heavy (non-hydrogen) atoms. The maximum Gasteiger partial charge on any atom is 0.0593 e. The summed E-state index contributed by atoms with van der Waals surface area (Å²) in [7, 11) is 0. The van der Waals surface area contributed by atoms with Gasteiger partial charge in [-0.3, -0.25) is 9.80 Å². The van der Waals surface area contributed by atoms with Crippen molar-refractivity contribution in [2.75, 3.05) is 26.2 Å². The Morgan fingerprint density at radius 1 is 1.00 bits per heavy atom. The fourth-order valence-electron chi connectivity index (χ4n) is 2.18. The van der Waals surface area contributed by atoms with E-state index < -0.39 is 0 Å². The van der Waals surface area contributed by atoms with Crippen molar-refractivity contribution in [2.24, 2.45) is 5.92 Å². The highest BCUT2D eigenvalue weighted by Crippen LogP contribution is 2.16. The van der Waals surface area contributed by atoms with E-state index in [0.717, 1.165) is 5.92 Å². The lowest BCUT2D eigenvalue weighted by atomic mass is 10.1. The largest absolute Gasteiger partial charge is 0.288 e. The van der Waals surface area contributed by atoms with Crippen LogP contribution in [0.2, 0.25) is 0 Å². The van der Waals surface area contributed by atoms with Gasteiger partial charge in [0.05, 0.1) is 6.17 Å². The minimum absolute atomic E-state index is 0.649. The molecule has 0 atom stereocenters. The average molecular weight is 170 g/mol. The van der Waals surface area contributed by atoms with Crippen LogP contribution in [0.5, 0.6) is 0 Å². The lowest BCUT2D eigenvalue weighted by Gasteiger charge is -2.44. The maximum absolute atomic E-state index is 2.55. The molecule has 0 amide bonds. The van der Waals surface area contributed by atoms with Gasteiger partial charge in [0.25, 0.3) is 0 Å². The molecule has 1 fully saturated rings. The third-order valence-corrected chi connectivity index (χ3v) is 2.96. The Hall–Kier alpha value is -0.0800. The molecule has 1 heterocycles. The molecule has 1 rings (SSSR count). The second kappa shape index (κ2) is 4.24. The van der Waals surface area contributed by atoms with Crippen LogP contribution in [-0.2, 0) is 0 Å². The molecule has 0 aromatic rings. The Balaban J connectivity index is 2.55. The summed E-state index contributed by atoms with van der Waals surface area (Å²) in [6.45, 7) is 14.1. The zero-order valence-corrected chi connectivity index (χ0v) is 8.88. The third-order valence-electron chi connectivity index (χ3n) is 2.96. The average Bonchev–Trinajstić information content (AvgIpc) is 2.08. The van der Waals surface area contributed by atoms with Crippen LogP contribution >= 0.6 is 0 Å². The molecule has 1 aliphatic heterocycles. The molecule has 72 valence electrons. The summed E-state index contributed by atoms with van der Waals surface area (Å²) in [6.07, 6.45) is 0.649. The Morgan fingerprint density at radius 2 is 1.42 bits per heavy atom. The molecule has 0 radical (unpaired) electrons. The fraction of sp³-hybridized carbons (Fsp3) is 1.00. The lowest BCUT2D eigenvalue weighted by molar-refractivity contribution is -0.00287. The predicted molar refractivity (Wildman–Crippen MR) is 53.1 cm³/mol. The van der Waals surface area contributed by atoms with Crippen molar-refractivity contribution in [3.63, 3.8) is 0 Å². The molecule has 0 aromatic carbocycles. The quantitative estimate of drug-likeness (QED) is 0.621. The van der Waals surface area contributed by atoms with Crippen molar-refractivity contribution in [3.05, 3.63) is 0 Å². The Morgan fingerprint density at radius 3 is 1.75 bits per heavy atom. The maximum atomic E-state index is 2.55. The van der Waals surface area contributed by atoms with Crippen molar-refractivity contribution >= 4 is 0 Å². The van der Waals surface area contributed by atoms with Gasteiger partial charge >= 0.3 is 0 Å². The van der Waals surface area contributed by atoms with E-state index in [0.29, 0.717) is 6.17 Å². The minimum atomic E-state index is 0.649. The van der Waals surface area contributed by atoms with Gasteiger partial charge in [0, 0.05) is 13.1 Å². The van der Waals surface area contributed by atoms with Crippen molar-refractivity contribution in [1.82, 2.24) is 9.80 Å². The zero-order chi connectivity index (χ0) is 9.14. The van der Waals surface area contributed by atoms with Gasteiger partial charge in [-0.05, 0) is 25.9 Å². The summed E-state index contributed by atoms with van der Waals surface area (Å²) in [5, 5.41) is 0. The topological polar surface area (TPSA) is 6.48 Å². The normalized spacial score (nSPS) is 34.0. The summed E-state index contributed by atoms with van der Waals surface area (Å²) in [5.41, 5.74) is 0. The Labute approximate surface area is 76.5 Å². The highest BCUT2D eigenvalue weighted by molar-refractivity contribution is 4.78. The van der Waals surface area contributed by atoms with Gasteiger partial charge in [-0.2, -0.15) is 0 Å². The summed E-state index contributed by atoms with van der Waals surface area (Å²) >= 11 is 0. The number of hydrogen-bond acceptors (Lipinski definition) is 2. The molecule has 2 heteroatoms. The van der Waals surface area contributed by atoms with Crippen LogP contribution in [0, 0.1) is 5.92 Å². The molecule has 0 unspecified atom stereocenters. The van der Waals surface area contributed by atoms with Gasteiger partial charge in [0.15, 0.2) is 0 Å². The first-order valence-electron chi connectivity index (χ1n) is 5.17. The van der Waals surface area contributed by atoms with Crippen LogP contribution in [0.3, 0.4) is 0 Å². The molecule has 1 saturated heterocycles. The second-order valence-electron chi connectivity index (χ2n) is 3.91. The highest BCUT2D eigenvalue weighted by Gasteiger charge is 2.26. The van der Waals surface area contributed by atoms with E-state index in [-0.39, 0.29) is 0 Å². The molecule has 0 aliphatic carbocycles. The highest BCUT2D eigenvalue weighted by atomic mass is 15.4. The smallest absolute Gasteiger partial charge is 0.0593 e. The van der Waals surface area contributed by atoms with E-state index in [1.807, 2.05) is 0 Å². The SMILES string of the molecule is CCN1CC(C)CN(CC)C1C. The summed E-state index contributed by atoms with van der Waals surface area (Å²) in [5.74, 6) is 0.834. The molecule has 0 bridgehead atoms. The van der Waals surface area contributed by atoms with Gasteiger partial charge in [0.2, 0.25) is 0 Å². The van der Waals surface area contributed by atoms with Crippen LogP contribution in [-0.4, -0.2) is 42.1 Å². The van der Waals surface area contributed by atoms with Crippen molar-refractivity contribution in [2.45, 2.75) is 33.9 Å². The van der Waals surface area contributed by atoms with Crippen molar-refractivity contribution < 1.29 is 0 Å². The first kappa shape index (κ1) is 10.0.